The van der Waals surface area contributed by atoms with Gasteiger partial charge in [0.1, 0.15) is 0 Å². The van der Waals surface area contributed by atoms with Crippen LogP contribution in [0.4, 0.5) is 0 Å². The number of hydrogen-bond acceptors (Lipinski definition) is 5. The molecule has 0 amide bonds. The van der Waals surface area contributed by atoms with Crippen molar-refractivity contribution in [1.82, 2.24) is 19.9 Å². The van der Waals surface area contributed by atoms with E-state index in [1.54, 1.807) is 0 Å². The molecule has 3 heterocycles. The molecular formula is C47H37N5. The highest BCUT2D eigenvalue weighted by Crippen LogP contribution is 2.34. The topological polar surface area (TPSA) is 77.6 Å². The number of rotatable bonds is 8. The molecule has 8 rings (SSSR count). The molecule has 52 heavy (non-hydrogen) atoms. The van der Waals surface area contributed by atoms with Crippen molar-refractivity contribution in [3.63, 3.8) is 0 Å². The van der Waals surface area contributed by atoms with E-state index in [4.69, 9.17) is 25.7 Å². The molecule has 0 spiro atoms. The van der Waals surface area contributed by atoms with Gasteiger partial charge in [-0.05, 0) is 65.9 Å². The highest BCUT2D eigenvalue weighted by molar-refractivity contribution is 6.08. The van der Waals surface area contributed by atoms with Crippen LogP contribution in [0.15, 0.2) is 164 Å². The van der Waals surface area contributed by atoms with E-state index in [2.05, 4.69) is 128 Å². The second kappa shape index (κ2) is 14.3. The lowest BCUT2D eigenvalue weighted by atomic mass is 9.97. The quantitative estimate of drug-likeness (QED) is 0.128. The third kappa shape index (κ3) is 6.60. The van der Waals surface area contributed by atoms with Crippen LogP contribution in [0.1, 0.15) is 24.9 Å². The average molecular weight is 672 g/mol. The van der Waals surface area contributed by atoms with E-state index >= 15 is 0 Å². The first kappa shape index (κ1) is 32.5. The Labute approximate surface area is 303 Å². The van der Waals surface area contributed by atoms with Gasteiger partial charge in [0.25, 0.3) is 0 Å². The molecule has 5 nitrogen and oxygen atoms in total. The van der Waals surface area contributed by atoms with E-state index in [9.17, 15) is 0 Å². The summed E-state index contributed by atoms with van der Waals surface area (Å²) in [6, 6.07) is 50.4. The van der Waals surface area contributed by atoms with Crippen LogP contribution >= 0.6 is 0 Å². The van der Waals surface area contributed by atoms with Crippen LogP contribution in [0.3, 0.4) is 0 Å². The molecule has 2 N–H and O–H groups in total. The lowest BCUT2D eigenvalue weighted by Gasteiger charge is -2.12. The molecule has 0 aliphatic carbocycles. The van der Waals surface area contributed by atoms with Gasteiger partial charge in [-0.3, -0.25) is 4.98 Å². The standard InChI is InChI=1S/C47H37N5/c1-3-4-7-19-41(48)47-51-43(34-15-10-6-11-16-34)30-44(52-47)35-22-20-32(21-23-35)37-17-12-18-38(29-37)42-27-25-36-24-26-39-40(33-13-8-5-9-14-33)28-31(2)49-46(39)45(36)50-42/h4-30H,3,48H2,1-2H3/b7-4-,41-19-. The molecule has 0 saturated heterocycles. The van der Waals surface area contributed by atoms with Crippen LogP contribution in [0.25, 0.3) is 83.5 Å². The maximum Gasteiger partial charge on any atom is 0.176 e. The summed E-state index contributed by atoms with van der Waals surface area (Å²) in [5.41, 5.74) is 19.9. The molecule has 3 aromatic heterocycles. The molecule has 0 radical (unpaired) electrons. The summed E-state index contributed by atoms with van der Waals surface area (Å²) in [6.45, 7) is 4.14. The number of allylic oxidation sites excluding steroid dienone is 3. The van der Waals surface area contributed by atoms with E-state index < -0.39 is 0 Å². The van der Waals surface area contributed by atoms with E-state index in [1.807, 2.05) is 49.4 Å². The summed E-state index contributed by atoms with van der Waals surface area (Å²) in [5.74, 6) is 0.506. The molecule has 5 heteroatoms. The first-order chi connectivity index (χ1) is 25.5. The molecule has 0 unspecified atom stereocenters. The molecule has 5 aromatic carbocycles. The molecular weight excluding hydrogens is 635 g/mol. The van der Waals surface area contributed by atoms with Gasteiger partial charge < -0.3 is 5.73 Å². The lowest BCUT2D eigenvalue weighted by molar-refractivity contribution is 1.11. The number of hydrogen-bond donors (Lipinski definition) is 1. The fraction of sp³-hybridized carbons (Fsp3) is 0.0638. The van der Waals surface area contributed by atoms with Gasteiger partial charge in [-0.2, -0.15) is 0 Å². The van der Waals surface area contributed by atoms with Crippen LogP contribution in [0, 0.1) is 6.92 Å². The Bertz CT molecular complexity index is 2610. The second-order valence-electron chi connectivity index (χ2n) is 12.9. The zero-order valence-electron chi connectivity index (χ0n) is 29.2. The van der Waals surface area contributed by atoms with E-state index in [0.717, 1.165) is 78.8 Å². The zero-order valence-corrected chi connectivity index (χ0v) is 29.2. The summed E-state index contributed by atoms with van der Waals surface area (Å²) in [7, 11) is 0. The fourth-order valence-corrected chi connectivity index (χ4v) is 6.57. The largest absolute Gasteiger partial charge is 0.396 e. The zero-order chi connectivity index (χ0) is 35.4. The average Bonchev–Trinajstić information content (AvgIpc) is 3.21. The summed E-state index contributed by atoms with van der Waals surface area (Å²) >= 11 is 0. The molecule has 0 atom stereocenters. The minimum absolute atomic E-state index is 0.506. The van der Waals surface area contributed by atoms with E-state index in [1.165, 1.54) is 11.1 Å². The molecule has 0 bridgehead atoms. The first-order valence-corrected chi connectivity index (χ1v) is 17.6. The molecule has 0 saturated carbocycles. The number of nitrogens with two attached hydrogens (primary N) is 1. The smallest absolute Gasteiger partial charge is 0.176 e. The number of aryl methyl sites for hydroxylation is 1. The maximum absolute atomic E-state index is 6.46. The molecule has 0 fully saturated rings. The summed E-state index contributed by atoms with van der Waals surface area (Å²) in [5, 5.41) is 2.17. The van der Waals surface area contributed by atoms with Gasteiger partial charge in [0.2, 0.25) is 0 Å². The molecule has 0 aliphatic heterocycles. The third-order valence-electron chi connectivity index (χ3n) is 9.23. The summed E-state index contributed by atoms with van der Waals surface area (Å²) < 4.78 is 0. The maximum atomic E-state index is 6.46. The van der Waals surface area contributed by atoms with Gasteiger partial charge in [0.15, 0.2) is 5.82 Å². The highest BCUT2D eigenvalue weighted by Gasteiger charge is 2.14. The van der Waals surface area contributed by atoms with Gasteiger partial charge in [0.05, 0.1) is 33.8 Å². The van der Waals surface area contributed by atoms with E-state index in [-0.39, 0.29) is 0 Å². The van der Waals surface area contributed by atoms with Crippen LogP contribution in [-0.4, -0.2) is 19.9 Å². The van der Waals surface area contributed by atoms with Gasteiger partial charge >= 0.3 is 0 Å². The number of pyridine rings is 2. The van der Waals surface area contributed by atoms with Crippen LogP contribution in [0.5, 0.6) is 0 Å². The Kier molecular flexibility index (Phi) is 8.90. The molecule has 0 aliphatic rings. The van der Waals surface area contributed by atoms with Gasteiger partial charge in [0, 0.05) is 33.2 Å². The van der Waals surface area contributed by atoms with Crippen LogP contribution in [-0.2, 0) is 0 Å². The molecule has 250 valence electrons. The third-order valence-corrected chi connectivity index (χ3v) is 9.23. The van der Waals surface area contributed by atoms with Crippen molar-refractivity contribution in [2.75, 3.05) is 0 Å². The fourth-order valence-electron chi connectivity index (χ4n) is 6.57. The minimum Gasteiger partial charge on any atom is -0.396 e. The van der Waals surface area contributed by atoms with Gasteiger partial charge in [-0.25, -0.2) is 15.0 Å². The predicted octanol–water partition coefficient (Wildman–Crippen LogP) is 11.5. The van der Waals surface area contributed by atoms with Crippen molar-refractivity contribution < 1.29 is 0 Å². The Morgan fingerprint density at radius 1 is 0.538 bits per heavy atom. The van der Waals surface area contributed by atoms with E-state index in [0.29, 0.717) is 11.5 Å². The van der Waals surface area contributed by atoms with Gasteiger partial charge in [-0.15, -0.1) is 0 Å². The molecule has 8 aromatic rings. The van der Waals surface area contributed by atoms with Crippen LogP contribution < -0.4 is 5.73 Å². The number of benzene rings is 5. The minimum atomic E-state index is 0.506. The summed E-state index contributed by atoms with van der Waals surface area (Å²) in [4.78, 5) is 19.9. The number of fused-ring (bicyclic) bond motifs is 3. The van der Waals surface area contributed by atoms with Crippen molar-refractivity contribution >= 4 is 27.5 Å². The first-order valence-electron chi connectivity index (χ1n) is 17.6. The Morgan fingerprint density at radius 3 is 1.90 bits per heavy atom. The van der Waals surface area contributed by atoms with Crippen molar-refractivity contribution in [3.05, 3.63) is 175 Å². The Hall–Kier alpha value is -6.72. The number of aromatic nitrogens is 4. The normalized spacial score (nSPS) is 11.8. The van der Waals surface area contributed by atoms with Crippen molar-refractivity contribution in [3.8, 4) is 56.0 Å². The number of nitrogens with zero attached hydrogens (tertiary/aromatic N) is 4. The van der Waals surface area contributed by atoms with Crippen molar-refractivity contribution in [1.29, 1.82) is 0 Å². The Balaban J connectivity index is 1.14. The SMILES string of the molecule is CC/C=C\C=C(/N)c1nc(-c2ccccc2)cc(-c2ccc(-c3cccc(-c4ccc5ccc6c(-c7ccccc7)cc(C)nc6c5n4)c3)cc2)n1. The van der Waals surface area contributed by atoms with Crippen molar-refractivity contribution in [2.45, 2.75) is 20.3 Å². The van der Waals surface area contributed by atoms with Gasteiger partial charge in [-0.1, -0.05) is 140 Å². The van der Waals surface area contributed by atoms with Crippen LogP contribution in [0.2, 0.25) is 0 Å². The summed E-state index contributed by atoms with van der Waals surface area (Å²) in [6.07, 6.45) is 6.80. The van der Waals surface area contributed by atoms with Crippen molar-refractivity contribution in [2.24, 2.45) is 5.73 Å². The second-order valence-corrected chi connectivity index (χ2v) is 12.9. The monoisotopic (exact) mass is 671 g/mol. The predicted molar refractivity (Wildman–Crippen MR) is 216 cm³/mol. The highest BCUT2D eigenvalue weighted by atomic mass is 14.9. The lowest BCUT2D eigenvalue weighted by Crippen LogP contribution is -2.04. The Morgan fingerprint density at radius 2 is 1.17 bits per heavy atom.